The van der Waals surface area contributed by atoms with E-state index in [0.29, 0.717) is 17.5 Å². The second-order valence-corrected chi connectivity index (χ2v) is 3.61. The largest absolute Gasteiger partial charge is 0.465 e. The first kappa shape index (κ1) is 12.4. The highest BCUT2D eigenvalue weighted by Gasteiger charge is 2.15. The van der Waals surface area contributed by atoms with E-state index in [0.717, 1.165) is 5.57 Å². The van der Waals surface area contributed by atoms with Crippen molar-refractivity contribution in [2.75, 3.05) is 7.11 Å². The van der Waals surface area contributed by atoms with E-state index >= 15 is 0 Å². The topological polar surface area (TPSA) is 26.3 Å². The molecule has 0 spiro atoms. The molecule has 3 heteroatoms. The van der Waals surface area contributed by atoms with Crippen molar-refractivity contribution in [1.82, 2.24) is 0 Å². The zero-order chi connectivity index (χ0) is 12.3. The molecular formula is C13H15FO2. The molecule has 0 fully saturated rings. The minimum Gasteiger partial charge on any atom is -0.465 e. The molecule has 0 atom stereocenters. The van der Waals surface area contributed by atoms with Crippen molar-refractivity contribution in [3.8, 4) is 0 Å². The zero-order valence-electron chi connectivity index (χ0n) is 9.76. The molecule has 0 aromatic heterocycles. The summed E-state index contributed by atoms with van der Waals surface area (Å²) in [5.41, 5.74) is 2.16. The Morgan fingerprint density at radius 3 is 2.50 bits per heavy atom. The van der Waals surface area contributed by atoms with E-state index in [2.05, 4.69) is 11.3 Å². The minimum atomic E-state index is -0.542. The van der Waals surface area contributed by atoms with Gasteiger partial charge >= 0.3 is 5.97 Å². The van der Waals surface area contributed by atoms with Crippen molar-refractivity contribution < 1.29 is 13.9 Å². The Kier molecular flexibility index (Phi) is 3.82. The molecule has 1 aromatic carbocycles. The number of carbonyl (C=O) groups is 1. The van der Waals surface area contributed by atoms with Gasteiger partial charge in [-0.15, -0.1) is 0 Å². The van der Waals surface area contributed by atoms with Crippen LogP contribution in [0.2, 0.25) is 0 Å². The highest BCUT2D eigenvalue weighted by molar-refractivity contribution is 5.95. The Hall–Kier alpha value is -1.64. The first-order chi connectivity index (χ1) is 7.51. The van der Waals surface area contributed by atoms with E-state index in [1.54, 1.807) is 13.0 Å². The van der Waals surface area contributed by atoms with Gasteiger partial charge in [-0.2, -0.15) is 0 Å². The number of methoxy groups -OCH3 is 1. The molecule has 0 radical (unpaired) electrons. The fourth-order valence-electron chi connectivity index (χ4n) is 1.52. The maximum Gasteiger partial charge on any atom is 0.338 e. The maximum atomic E-state index is 13.6. The van der Waals surface area contributed by atoms with E-state index in [9.17, 15) is 9.18 Å². The minimum absolute atomic E-state index is 0.227. The third-order valence-corrected chi connectivity index (χ3v) is 2.43. The summed E-state index contributed by atoms with van der Waals surface area (Å²) in [7, 11) is 1.27. The third-order valence-electron chi connectivity index (χ3n) is 2.43. The average Bonchev–Trinajstić information content (AvgIpc) is 2.27. The van der Waals surface area contributed by atoms with Crippen molar-refractivity contribution in [3.63, 3.8) is 0 Å². The summed E-state index contributed by atoms with van der Waals surface area (Å²) in [5, 5.41) is 0. The fraction of sp³-hybridized carbons (Fsp3) is 0.308. The third kappa shape index (κ3) is 2.30. The molecule has 0 bridgehead atoms. The molecule has 0 N–H and O–H groups in total. The van der Waals surface area contributed by atoms with E-state index in [-0.39, 0.29) is 11.4 Å². The predicted molar refractivity (Wildman–Crippen MR) is 61.8 cm³/mol. The van der Waals surface area contributed by atoms with E-state index in [1.165, 1.54) is 13.2 Å². The summed E-state index contributed by atoms with van der Waals surface area (Å²) in [5.74, 6) is -0.924. The van der Waals surface area contributed by atoms with Crippen LogP contribution in [0.3, 0.4) is 0 Å². The lowest BCUT2D eigenvalue weighted by Gasteiger charge is -2.10. The van der Waals surface area contributed by atoms with Gasteiger partial charge in [0, 0.05) is 0 Å². The van der Waals surface area contributed by atoms with E-state index in [4.69, 9.17) is 0 Å². The zero-order valence-corrected chi connectivity index (χ0v) is 9.76. The van der Waals surface area contributed by atoms with Crippen LogP contribution in [0.4, 0.5) is 4.39 Å². The monoisotopic (exact) mass is 222 g/mol. The second kappa shape index (κ2) is 4.92. The first-order valence-electron chi connectivity index (χ1n) is 5.07. The van der Waals surface area contributed by atoms with Gasteiger partial charge in [0.2, 0.25) is 0 Å². The molecular weight excluding hydrogens is 207 g/mol. The van der Waals surface area contributed by atoms with Gasteiger partial charge in [-0.25, -0.2) is 9.18 Å². The van der Waals surface area contributed by atoms with Crippen LogP contribution < -0.4 is 0 Å². The average molecular weight is 222 g/mol. The number of ether oxygens (including phenoxy) is 1. The quantitative estimate of drug-likeness (QED) is 0.734. The molecule has 2 nitrogen and oxygen atoms in total. The Labute approximate surface area is 94.7 Å². The van der Waals surface area contributed by atoms with Gasteiger partial charge in [0.25, 0.3) is 0 Å². The molecule has 0 aliphatic rings. The summed E-state index contributed by atoms with van der Waals surface area (Å²) in [6.07, 6.45) is 0.577. The van der Waals surface area contributed by atoms with Gasteiger partial charge in [-0.1, -0.05) is 19.1 Å². The molecule has 0 aliphatic carbocycles. The molecule has 1 rings (SSSR count). The SMILES string of the molecule is C=C(C)c1cc(CC)c(F)cc1C(=O)OC. The standard InChI is InChI=1S/C13H15FO2/c1-5-9-6-10(8(2)3)11(7-12(9)14)13(15)16-4/h6-7H,2,5H2,1,3-4H3. The van der Waals surface area contributed by atoms with Gasteiger partial charge in [-0.3, -0.25) is 0 Å². The van der Waals surface area contributed by atoms with Crippen molar-refractivity contribution >= 4 is 11.5 Å². The molecule has 0 unspecified atom stereocenters. The highest BCUT2D eigenvalue weighted by atomic mass is 19.1. The lowest BCUT2D eigenvalue weighted by atomic mass is 9.97. The smallest absolute Gasteiger partial charge is 0.338 e. The van der Waals surface area contributed by atoms with E-state index < -0.39 is 5.97 Å². The highest BCUT2D eigenvalue weighted by Crippen LogP contribution is 2.23. The van der Waals surface area contributed by atoms with Crippen molar-refractivity contribution in [3.05, 3.63) is 41.2 Å². The lowest BCUT2D eigenvalue weighted by Crippen LogP contribution is -2.07. The molecule has 0 saturated carbocycles. The summed E-state index contributed by atoms with van der Waals surface area (Å²) in [6.45, 7) is 7.41. The van der Waals surface area contributed by atoms with E-state index in [1.807, 2.05) is 6.92 Å². The normalized spacial score (nSPS) is 10.0. The van der Waals surface area contributed by atoms with Crippen LogP contribution in [-0.4, -0.2) is 13.1 Å². The number of esters is 1. The van der Waals surface area contributed by atoms with Crippen molar-refractivity contribution in [2.24, 2.45) is 0 Å². The van der Waals surface area contributed by atoms with Gasteiger partial charge in [0.15, 0.2) is 0 Å². The second-order valence-electron chi connectivity index (χ2n) is 3.61. The van der Waals surface area contributed by atoms with Crippen LogP contribution in [0.15, 0.2) is 18.7 Å². The Morgan fingerprint density at radius 2 is 2.06 bits per heavy atom. The van der Waals surface area contributed by atoms with Crippen LogP contribution in [0.5, 0.6) is 0 Å². The molecule has 0 heterocycles. The van der Waals surface area contributed by atoms with Gasteiger partial charge in [-0.05, 0) is 36.6 Å². The van der Waals surface area contributed by atoms with Crippen LogP contribution in [-0.2, 0) is 11.2 Å². The van der Waals surface area contributed by atoms with Crippen LogP contribution in [0.25, 0.3) is 5.57 Å². The number of carbonyl (C=O) groups excluding carboxylic acids is 1. The first-order valence-corrected chi connectivity index (χ1v) is 5.07. The maximum absolute atomic E-state index is 13.6. The molecule has 16 heavy (non-hydrogen) atoms. The van der Waals surface area contributed by atoms with Crippen LogP contribution in [0, 0.1) is 5.82 Å². The Morgan fingerprint density at radius 1 is 1.44 bits per heavy atom. The summed E-state index contributed by atoms with van der Waals surface area (Å²) in [4.78, 5) is 11.5. The molecule has 0 amide bonds. The number of rotatable bonds is 3. The number of allylic oxidation sites excluding steroid dienone is 1. The predicted octanol–water partition coefficient (Wildman–Crippen LogP) is 3.21. The van der Waals surface area contributed by atoms with Crippen molar-refractivity contribution in [1.29, 1.82) is 0 Å². The summed E-state index contributed by atoms with van der Waals surface area (Å²) in [6, 6.07) is 2.87. The number of hydrogen-bond acceptors (Lipinski definition) is 2. The number of halogens is 1. The van der Waals surface area contributed by atoms with Crippen LogP contribution >= 0.6 is 0 Å². The molecule has 0 aliphatic heterocycles. The van der Waals surface area contributed by atoms with Gasteiger partial charge in [0.1, 0.15) is 5.82 Å². The molecule has 86 valence electrons. The lowest BCUT2D eigenvalue weighted by molar-refractivity contribution is 0.0600. The number of benzene rings is 1. The Bertz CT molecular complexity index is 436. The van der Waals surface area contributed by atoms with Crippen molar-refractivity contribution in [2.45, 2.75) is 20.3 Å². The van der Waals surface area contributed by atoms with Gasteiger partial charge in [0.05, 0.1) is 12.7 Å². The molecule has 1 aromatic rings. The molecule has 0 saturated heterocycles. The Balaban J connectivity index is 3.42. The summed E-state index contributed by atoms with van der Waals surface area (Å²) >= 11 is 0. The summed E-state index contributed by atoms with van der Waals surface area (Å²) < 4.78 is 18.2. The van der Waals surface area contributed by atoms with Crippen LogP contribution in [0.1, 0.15) is 35.3 Å². The van der Waals surface area contributed by atoms with Gasteiger partial charge < -0.3 is 4.74 Å². The fourth-order valence-corrected chi connectivity index (χ4v) is 1.52. The number of hydrogen-bond donors (Lipinski definition) is 0. The number of aryl methyl sites for hydroxylation is 1.